The Morgan fingerprint density at radius 2 is 1.85 bits per heavy atom. The number of benzene rings is 2. The minimum atomic E-state index is -0.465. The number of nitrogens with two attached hydrogens (primary N) is 1. The van der Waals surface area contributed by atoms with Gasteiger partial charge >= 0.3 is 0 Å². The fourth-order valence-corrected chi connectivity index (χ4v) is 3.23. The van der Waals surface area contributed by atoms with Crippen LogP contribution >= 0.6 is 0 Å². The summed E-state index contributed by atoms with van der Waals surface area (Å²) in [4.78, 5) is 28.1. The third-order valence-corrected chi connectivity index (χ3v) is 4.76. The summed E-state index contributed by atoms with van der Waals surface area (Å²) in [5, 5.41) is 7.56. The number of carbonyl (C=O) groups excluding carboxylic acids is 1. The number of primary amides is 1. The van der Waals surface area contributed by atoms with Gasteiger partial charge in [0.1, 0.15) is 0 Å². The van der Waals surface area contributed by atoms with Crippen LogP contribution in [0.1, 0.15) is 40.0 Å². The van der Waals surface area contributed by atoms with E-state index < -0.39 is 5.91 Å². The molecule has 6 nitrogen and oxygen atoms in total. The molecule has 1 aliphatic heterocycles. The Bertz CT molecular complexity index is 1190. The van der Waals surface area contributed by atoms with E-state index in [0.717, 1.165) is 27.5 Å². The van der Waals surface area contributed by atoms with Crippen LogP contribution in [0.4, 0.5) is 0 Å². The van der Waals surface area contributed by atoms with Crippen molar-refractivity contribution in [2.24, 2.45) is 10.7 Å². The molecule has 0 spiro atoms. The Kier molecular flexibility index (Phi) is 4.08. The van der Waals surface area contributed by atoms with E-state index in [9.17, 15) is 9.59 Å². The van der Waals surface area contributed by atoms with Crippen LogP contribution in [0.2, 0.25) is 0 Å². The highest BCUT2D eigenvalue weighted by atomic mass is 16.1. The van der Waals surface area contributed by atoms with Crippen molar-refractivity contribution in [2.75, 3.05) is 0 Å². The molecule has 1 aromatic heterocycles. The fourth-order valence-electron chi connectivity index (χ4n) is 3.23. The van der Waals surface area contributed by atoms with E-state index >= 15 is 0 Å². The molecule has 0 bridgehead atoms. The zero-order chi connectivity index (χ0) is 19.0. The molecule has 2 heterocycles. The van der Waals surface area contributed by atoms with Crippen molar-refractivity contribution in [1.82, 2.24) is 10.2 Å². The summed E-state index contributed by atoms with van der Waals surface area (Å²) in [6.45, 7) is 1.99. The first-order chi connectivity index (χ1) is 13.0. The van der Waals surface area contributed by atoms with E-state index in [-0.39, 0.29) is 11.5 Å². The van der Waals surface area contributed by atoms with Gasteiger partial charge in [0.05, 0.1) is 22.3 Å². The number of rotatable bonds is 4. The molecular weight excluding hydrogens is 340 g/mol. The molecule has 1 atom stereocenters. The van der Waals surface area contributed by atoms with Gasteiger partial charge in [0.15, 0.2) is 0 Å². The zero-order valence-electron chi connectivity index (χ0n) is 14.7. The Morgan fingerprint density at radius 1 is 1.11 bits per heavy atom. The molecule has 6 heteroatoms. The molecule has 1 unspecified atom stereocenters. The normalized spacial score (nSPS) is 15.1. The lowest BCUT2D eigenvalue weighted by Gasteiger charge is -2.11. The summed E-state index contributed by atoms with van der Waals surface area (Å²) >= 11 is 0. The molecule has 2 aromatic carbocycles. The van der Waals surface area contributed by atoms with Gasteiger partial charge in [-0.1, -0.05) is 37.3 Å². The van der Waals surface area contributed by atoms with Gasteiger partial charge < -0.3 is 10.8 Å². The maximum Gasteiger partial charge on any atom is 0.271 e. The van der Waals surface area contributed by atoms with Crippen LogP contribution in [0.15, 0.2) is 64.0 Å². The number of hydrogen-bond acceptors (Lipinski definition) is 3. The van der Waals surface area contributed by atoms with Gasteiger partial charge in [-0.25, -0.2) is 4.99 Å². The van der Waals surface area contributed by atoms with Crippen molar-refractivity contribution in [2.45, 2.75) is 12.8 Å². The Hall–Kier alpha value is -3.67. The molecule has 134 valence electrons. The van der Waals surface area contributed by atoms with Gasteiger partial charge in [0, 0.05) is 16.7 Å². The molecule has 27 heavy (non-hydrogen) atoms. The first-order valence-corrected chi connectivity index (χ1v) is 8.60. The van der Waals surface area contributed by atoms with Gasteiger partial charge in [0.2, 0.25) is 5.91 Å². The van der Waals surface area contributed by atoms with Crippen molar-refractivity contribution >= 4 is 18.1 Å². The van der Waals surface area contributed by atoms with E-state index in [0.29, 0.717) is 11.1 Å². The van der Waals surface area contributed by atoms with E-state index in [2.05, 4.69) is 15.2 Å². The molecule has 1 amide bonds. The predicted octanol–water partition coefficient (Wildman–Crippen LogP) is 1.41. The minimum absolute atomic E-state index is 0.0819. The average molecular weight is 358 g/mol. The summed E-state index contributed by atoms with van der Waals surface area (Å²) < 4.78 is 0. The number of allylic oxidation sites excluding steroid dienone is 1. The van der Waals surface area contributed by atoms with E-state index in [1.807, 2.05) is 49.4 Å². The average Bonchev–Trinajstić information content (AvgIpc) is 3.25. The number of hydrogen-bond donors (Lipinski definition) is 3. The summed E-state index contributed by atoms with van der Waals surface area (Å²) in [7, 11) is 0. The molecule has 0 radical (unpaired) electrons. The molecule has 0 saturated heterocycles. The maximum atomic E-state index is 12.3. The van der Waals surface area contributed by atoms with Crippen molar-refractivity contribution in [3.8, 4) is 0 Å². The van der Waals surface area contributed by atoms with Crippen LogP contribution in [0, 0.1) is 0 Å². The second-order valence-corrected chi connectivity index (χ2v) is 6.50. The van der Waals surface area contributed by atoms with Crippen LogP contribution in [0.5, 0.6) is 0 Å². The van der Waals surface area contributed by atoms with Gasteiger partial charge in [0.25, 0.3) is 5.56 Å². The third kappa shape index (κ3) is 3.13. The van der Waals surface area contributed by atoms with Crippen LogP contribution < -0.4 is 21.9 Å². The number of carbonyl (C=O) groups is 1. The van der Waals surface area contributed by atoms with Crippen molar-refractivity contribution in [3.05, 3.63) is 97.5 Å². The minimum Gasteiger partial charge on any atom is -0.366 e. The van der Waals surface area contributed by atoms with Crippen LogP contribution in [0.25, 0.3) is 12.2 Å². The lowest BCUT2D eigenvalue weighted by molar-refractivity contribution is 0.100. The number of nitrogens with one attached hydrogen (secondary N) is 2. The highest BCUT2D eigenvalue weighted by molar-refractivity contribution is 5.92. The van der Waals surface area contributed by atoms with Gasteiger partial charge in [-0.15, -0.1) is 0 Å². The van der Waals surface area contributed by atoms with Crippen molar-refractivity contribution < 1.29 is 4.79 Å². The van der Waals surface area contributed by atoms with E-state index in [1.54, 1.807) is 18.2 Å². The standard InChI is InChI=1S/C21H18N4O2/c1-12(13-6-8-14(9-7-13)20(22)26)19-17(21(27)25-24-19)11-16-10-15-4-2-3-5-18(15)23-16/h2-12H,1H3,(H2,22,26)(H2,24,25,27). The Balaban J connectivity index is 1.72. The van der Waals surface area contributed by atoms with E-state index in [4.69, 9.17) is 5.73 Å². The highest BCUT2D eigenvalue weighted by Crippen LogP contribution is 2.25. The molecule has 0 fully saturated rings. The van der Waals surface area contributed by atoms with Crippen LogP contribution in [-0.4, -0.2) is 16.1 Å². The van der Waals surface area contributed by atoms with Gasteiger partial charge in [-0.2, -0.15) is 0 Å². The molecule has 0 saturated carbocycles. The molecular formula is C21H18N4O2. The maximum absolute atomic E-state index is 12.3. The highest BCUT2D eigenvalue weighted by Gasteiger charge is 2.17. The lowest BCUT2D eigenvalue weighted by Crippen LogP contribution is -2.19. The second kappa shape index (κ2) is 6.57. The number of H-pyrrole nitrogens is 2. The van der Waals surface area contributed by atoms with E-state index in [1.165, 1.54) is 0 Å². The number of nitrogens with zero attached hydrogens (tertiary/aromatic N) is 1. The first kappa shape index (κ1) is 16.8. The van der Waals surface area contributed by atoms with Crippen LogP contribution in [-0.2, 0) is 0 Å². The third-order valence-electron chi connectivity index (χ3n) is 4.76. The molecule has 0 aliphatic carbocycles. The predicted molar refractivity (Wildman–Crippen MR) is 104 cm³/mol. The number of aromatic nitrogens is 2. The number of fused-ring (bicyclic) bond motifs is 1. The summed E-state index contributed by atoms with van der Waals surface area (Å²) in [5.41, 5.74) is 8.56. The van der Waals surface area contributed by atoms with Crippen LogP contribution in [0.3, 0.4) is 0 Å². The lowest BCUT2D eigenvalue weighted by atomic mass is 9.94. The molecule has 4 N–H and O–H groups in total. The topological polar surface area (TPSA) is 104 Å². The van der Waals surface area contributed by atoms with Crippen molar-refractivity contribution in [3.63, 3.8) is 0 Å². The molecule has 3 aromatic rings. The molecule has 4 rings (SSSR count). The summed E-state index contributed by atoms with van der Waals surface area (Å²) in [6.07, 6.45) is 3.75. The zero-order valence-corrected chi connectivity index (χ0v) is 14.7. The Morgan fingerprint density at radius 3 is 2.56 bits per heavy atom. The van der Waals surface area contributed by atoms with Crippen molar-refractivity contribution in [1.29, 1.82) is 0 Å². The smallest absolute Gasteiger partial charge is 0.271 e. The molecule has 1 aliphatic rings. The summed E-state index contributed by atoms with van der Waals surface area (Å²) in [6, 6.07) is 14.9. The number of amides is 1. The first-order valence-electron chi connectivity index (χ1n) is 8.60. The fraction of sp³-hybridized carbons (Fsp3) is 0.0952. The number of para-hydroxylation sites is 1. The quantitative estimate of drug-likeness (QED) is 0.656. The SMILES string of the molecule is CC(c1ccc(C(N)=O)cc1)c1[nH][nH]c(=O)c1C=C1C=c2ccccc2=N1. The van der Waals surface area contributed by atoms with Gasteiger partial charge in [-0.05, 0) is 35.9 Å². The Labute approximate surface area is 154 Å². The second-order valence-electron chi connectivity index (χ2n) is 6.50. The number of aromatic amines is 2. The monoisotopic (exact) mass is 358 g/mol. The van der Waals surface area contributed by atoms with Gasteiger partial charge in [-0.3, -0.25) is 14.7 Å². The summed E-state index contributed by atoms with van der Waals surface area (Å²) in [5.74, 6) is -0.547. The largest absolute Gasteiger partial charge is 0.366 e.